The summed E-state index contributed by atoms with van der Waals surface area (Å²) in [5, 5.41) is 11.1. The molecule has 2 N–H and O–H groups in total. The van der Waals surface area contributed by atoms with Gasteiger partial charge in [0.1, 0.15) is 0 Å². The van der Waals surface area contributed by atoms with Crippen molar-refractivity contribution in [2.75, 3.05) is 38.1 Å². The summed E-state index contributed by atoms with van der Waals surface area (Å²) in [5.41, 5.74) is 1.33. The molecule has 0 radical (unpaired) electrons. The average Bonchev–Trinajstić information content (AvgIpc) is 3.34. The van der Waals surface area contributed by atoms with Crippen molar-refractivity contribution in [3.05, 3.63) is 48.8 Å². The molecule has 1 unspecified atom stereocenters. The number of aryl methyl sites for hydroxylation is 1. The van der Waals surface area contributed by atoms with Crippen molar-refractivity contribution in [2.24, 2.45) is 10.9 Å². The number of rotatable bonds is 7. The number of para-hydroxylation sites is 1. The van der Waals surface area contributed by atoms with E-state index in [9.17, 15) is 0 Å². The number of benzene rings is 1. The lowest BCUT2D eigenvalue weighted by atomic mass is 10.1. The first kappa shape index (κ1) is 20.5. The van der Waals surface area contributed by atoms with E-state index in [0.717, 1.165) is 45.1 Å². The molecule has 1 saturated heterocycles. The van der Waals surface area contributed by atoms with Crippen molar-refractivity contribution in [1.82, 2.24) is 20.4 Å². The predicted molar refractivity (Wildman–Crippen MR) is 118 cm³/mol. The fraction of sp³-hybridized carbons (Fsp3) is 0.474. The Bertz CT molecular complexity index is 643. The van der Waals surface area contributed by atoms with E-state index in [2.05, 4.69) is 56.0 Å². The lowest BCUT2D eigenvalue weighted by molar-refractivity contribution is 0.553. The minimum atomic E-state index is 0. The first-order valence-corrected chi connectivity index (χ1v) is 9.07. The second-order valence-corrected chi connectivity index (χ2v) is 6.44. The molecule has 1 aromatic carbocycles. The number of halogens is 1. The largest absolute Gasteiger partial charge is 0.371 e. The van der Waals surface area contributed by atoms with Gasteiger partial charge in [0, 0.05) is 57.9 Å². The fourth-order valence-corrected chi connectivity index (χ4v) is 3.21. The second-order valence-electron chi connectivity index (χ2n) is 6.44. The molecule has 1 aromatic heterocycles. The van der Waals surface area contributed by atoms with Gasteiger partial charge >= 0.3 is 0 Å². The smallest absolute Gasteiger partial charge is 0.190 e. The molecule has 7 heteroatoms. The van der Waals surface area contributed by atoms with Crippen molar-refractivity contribution in [1.29, 1.82) is 0 Å². The van der Waals surface area contributed by atoms with Crippen LogP contribution in [0, 0.1) is 5.92 Å². The van der Waals surface area contributed by atoms with E-state index in [1.54, 1.807) is 0 Å². The summed E-state index contributed by atoms with van der Waals surface area (Å²) in [6.07, 6.45) is 6.05. The van der Waals surface area contributed by atoms with Crippen LogP contribution in [0.2, 0.25) is 0 Å². The first-order chi connectivity index (χ1) is 12.3. The zero-order chi connectivity index (χ0) is 17.3. The summed E-state index contributed by atoms with van der Waals surface area (Å²) in [5.74, 6) is 1.54. The maximum absolute atomic E-state index is 4.32. The summed E-state index contributed by atoms with van der Waals surface area (Å²) in [7, 11) is 1.83. The molecule has 0 saturated carbocycles. The molecule has 0 spiro atoms. The molecule has 3 rings (SSSR count). The van der Waals surface area contributed by atoms with E-state index in [1.165, 1.54) is 12.1 Å². The van der Waals surface area contributed by atoms with E-state index in [1.807, 2.05) is 30.2 Å². The van der Waals surface area contributed by atoms with Gasteiger partial charge in [0.2, 0.25) is 0 Å². The van der Waals surface area contributed by atoms with Crippen LogP contribution in [0.1, 0.15) is 12.8 Å². The first-order valence-electron chi connectivity index (χ1n) is 9.07. The van der Waals surface area contributed by atoms with Crippen LogP contribution >= 0.6 is 24.0 Å². The third-order valence-corrected chi connectivity index (χ3v) is 4.60. The van der Waals surface area contributed by atoms with E-state index in [-0.39, 0.29) is 24.0 Å². The Labute approximate surface area is 173 Å². The minimum Gasteiger partial charge on any atom is -0.371 e. The van der Waals surface area contributed by atoms with Gasteiger partial charge in [0.05, 0.1) is 0 Å². The van der Waals surface area contributed by atoms with Crippen molar-refractivity contribution in [2.45, 2.75) is 19.4 Å². The Morgan fingerprint density at radius 2 is 2.08 bits per heavy atom. The number of aromatic nitrogens is 2. The van der Waals surface area contributed by atoms with Crippen LogP contribution in [0.15, 0.2) is 53.8 Å². The van der Waals surface area contributed by atoms with Gasteiger partial charge in [-0.05, 0) is 37.0 Å². The van der Waals surface area contributed by atoms with Crippen molar-refractivity contribution in [3.63, 3.8) is 0 Å². The summed E-state index contributed by atoms with van der Waals surface area (Å²) in [6, 6.07) is 12.6. The number of nitrogens with zero attached hydrogens (tertiary/aromatic N) is 4. The Hall–Kier alpha value is -1.77. The van der Waals surface area contributed by atoms with E-state index < -0.39 is 0 Å². The molecule has 1 fully saturated rings. The third-order valence-electron chi connectivity index (χ3n) is 4.60. The highest BCUT2D eigenvalue weighted by atomic mass is 127. The molecule has 142 valence electrons. The van der Waals surface area contributed by atoms with Crippen molar-refractivity contribution in [3.8, 4) is 0 Å². The van der Waals surface area contributed by atoms with Gasteiger partial charge in [-0.25, -0.2) is 0 Å². The van der Waals surface area contributed by atoms with Crippen LogP contribution in [0.25, 0.3) is 0 Å². The Kier molecular flexibility index (Phi) is 8.73. The molecular weight excluding hydrogens is 439 g/mol. The highest BCUT2D eigenvalue weighted by Gasteiger charge is 2.22. The van der Waals surface area contributed by atoms with Crippen LogP contribution < -0.4 is 15.5 Å². The maximum Gasteiger partial charge on any atom is 0.190 e. The maximum atomic E-state index is 4.32. The topological polar surface area (TPSA) is 57.5 Å². The summed E-state index contributed by atoms with van der Waals surface area (Å²) in [6.45, 7) is 5.01. The van der Waals surface area contributed by atoms with Gasteiger partial charge in [-0.15, -0.1) is 24.0 Å². The van der Waals surface area contributed by atoms with Crippen LogP contribution in [0.5, 0.6) is 0 Å². The molecule has 2 heterocycles. The quantitative estimate of drug-likeness (QED) is 0.284. The monoisotopic (exact) mass is 468 g/mol. The Morgan fingerprint density at radius 3 is 2.81 bits per heavy atom. The number of guanidine groups is 1. The van der Waals surface area contributed by atoms with Crippen molar-refractivity contribution >= 4 is 35.6 Å². The molecule has 0 amide bonds. The summed E-state index contributed by atoms with van der Waals surface area (Å²) < 4.78 is 1.95. The number of aliphatic imine (C=N–C) groups is 1. The Balaban J connectivity index is 0.00000243. The van der Waals surface area contributed by atoms with Crippen molar-refractivity contribution < 1.29 is 0 Å². The van der Waals surface area contributed by atoms with Crippen LogP contribution in [0.4, 0.5) is 5.69 Å². The van der Waals surface area contributed by atoms with Gasteiger partial charge in [0.15, 0.2) is 5.96 Å². The summed E-state index contributed by atoms with van der Waals surface area (Å²) >= 11 is 0. The van der Waals surface area contributed by atoms with Gasteiger partial charge in [-0.3, -0.25) is 9.67 Å². The van der Waals surface area contributed by atoms with Gasteiger partial charge < -0.3 is 15.5 Å². The zero-order valence-corrected chi connectivity index (χ0v) is 17.7. The lowest BCUT2D eigenvalue weighted by Crippen LogP contribution is -2.40. The zero-order valence-electron chi connectivity index (χ0n) is 15.3. The number of nitrogens with one attached hydrogen (secondary N) is 2. The van der Waals surface area contributed by atoms with E-state index in [4.69, 9.17) is 0 Å². The van der Waals surface area contributed by atoms with Crippen LogP contribution in [-0.4, -0.2) is 49.0 Å². The lowest BCUT2D eigenvalue weighted by Gasteiger charge is -2.19. The molecule has 0 aliphatic carbocycles. The van der Waals surface area contributed by atoms with Crippen LogP contribution in [0.3, 0.4) is 0 Å². The normalized spacial score (nSPS) is 17.0. The third kappa shape index (κ3) is 6.19. The van der Waals surface area contributed by atoms with Gasteiger partial charge in [-0.1, -0.05) is 18.2 Å². The highest BCUT2D eigenvalue weighted by molar-refractivity contribution is 14.0. The summed E-state index contributed by atoms with van der Waals surface area (Å²) in [4.78, 5) is 6.78. The molecule has 1 aliphatic heterocycles. The minimum absolute atomic E-state index is 0. The number of hydrogen-bond acceptors (Lipinski definition) is 3. The molecule has 26 heavy (non-hydrogen) atoms. The Morgan fingerprint density at radius 1 is 1.23 bits per heavy atom. The molecule has 1 atom stereocenters. The van der Waals surface area contributed by atoms with Gasteiger partial charge in [-0.2, -0.15) is 5.10 Å². The second kappa shape index (κ2) is 11.1. The molecule has 6 nitrogen and oxygen atoms in total. The number of anilines is 1. The fourth-order valence-electron chi connectivity index (χ4n) is 3.21. The van der Waals surface area contributed by atoms with E-state index >= 15 is 0 Å². The molecule has 1 aliphatic rings. The number of hydrogen-bond donors (Lipinski definition) is 2. The van der Waals surface area contributed by atoms with E-state index in [0.29, 0.717) is 5.92 Å². The molecule has 0 bridgehead atoms. The highest BCUT2D eigenvalue weighted by Crippen LogP contribution is 2.22. The van der Waals surface area contributed by atoms with Crippen LogP contribution in [-0.2, 0) is 6.54 Å². The standard InChI is InChI=1S/C19H28N6.HI/c1-20-19(21-10-5-12-25-13-6-11-23-25)22-15-17-9-14-24(16-17)18-7-3-2-4-8-18;/h2-4,6-8,11,13,17H,5,9-10,12,14-16H2,1H3,(H2,20,21,22);1H. The molecule has 2 aromatic rings. The predicted octanol–water partition coefficient (Wildman–Crippen LogP) is 2.58. The molecular formula is C19H29IN6. The SMILES string of the molecule is CN=C(NCCCn1cccn1)NCC1CCN(c2ccccc2)C1.I. The van der Waals surface area contributed by atoms with Gasteiger partial charge in [0.25, 0.3) is 0 Å². The average molecular weight is 468 g/mol.